The third-order valence-corrected chi connectivity index (χ3v) is 2.59. The molecule has 2 amide bonds. The molecule has 0 aromatic heterocycles. The molecule has 116 valence electrons. The molecule has 0 spiro atoms. The summed E-state index contributed by atoms with van der Waals surface area (Å²) in [7, 11) is 0. The maximum absolute atomic E-state index is 12.7. The van der Waals surface area contributed by atoms with Gasteiger partial charge in [0.2, 0.25) is 0 Å². The number of esters is 1. The Hall–Kier alpha value is -2.11. The first-order chi connectivity index (χ1) is 9.97. The van der Waals surface area contributed by atoms with E-state index in [4.69, 9.17) is 4.74 Å². The second-order valence-corrected chi connectivity index (χ2v) is 4.85. The molecule has 21 heavy (non-hydrogen) atoms. The van der Waals surface area contributed by atoms with E-state index in [1.807, 2.05) is 0 Å². The van der Waals surface area contributed by atoms with Crippen molar-refractivity contribution in [2.45, 2.75) is 32.8 Å². The van der Waals surface area contributed by atoms with Gasteiger partial charge in [-0.3, -0.25) is 4.79 Å². The van der Waals surface area contributed by atoms with Crippen LogP contribution >= 0.6 is 0 Å². The number of halogens is 1. The van der Waals surface area contributed by atoms with Crippen molar-refractivity contribution < 1.29 is 18.7 Å². The Balaban J connectivity index is 2.11. The zero-order valence-electron chi connectivity index (χ0n) is 12.3. The number of nitrogens with one attached hydrogen (secondary N) is 2. The van der Waals surface area contributed by atoms with Gasteiger partial charge in [-0.05, 0) is 38.0 Å². The molecule has 0 unspecified atom stereocenters. The van der Waals surface area contributed by atoms with E-state index in [-0.39, 0.29) is 36.9 Å². The summed E-state index contributed by atoms with van der Waals surface area (Å²) in [5.41, 5.74) is 0.942. The second-order valence-electron chi connectivity index (χ2n) is 4.85. The normalized spacial score (nSPS) is 10.3. The molecule has 2 N–H and O–H groups in total. The minimum Gasteiger partial charge on any atom is -0.463 e. The van der Waals surface area contributed by atoms with Crippen LogP contribution < -0.4 is 10.6 Å². The highest BCUT2D eigenvalue weighted by Gasteiger charge is 2.06. The van der Waals surface area contributed by atoms with E-state index in [1.54, 1.807) is 26.0 Å². The first-order valence-electron chi connectivity index (χ1n) is 6.93. The van der Waals surface area contributed by atoms with E-state index in [0.29, 0.717) is 13.0 Å². The lowest BCUT2D eigenvalue weighted by Gasteiger charge is -2.09. The summed E-state index contributed by atoms with van der Waals surface area (Å²) in [4.78, 5) is 22.7. The van der Waals surface area contributed by atoms with Gasteiger partial charge in [-0.2, -0.15) is 0 Å². The largest absolute Gasteiger partial charge is 0.463 e. The molecule has 0 saturated heterocycles. The van der Waals surface area contributed by atoms with Crippen molar-refractivity contribution in [2.75, 3.05) is 13.1 Å². The van der Waals surface area contributed by atoms with Crippen LogP contribution in [0.5, 0.6) is 0 Å². The van der Waals surface area contributed by atoms with E-state index < -0.39 is 0 Å². The van der Waals surface area contributed by atoms with E-state index in [9.17, 15) is 14.0 Å². The fraction of sp³-hybridized carbons (Fsp3) is 0.467. The van der Waals surface area contributed by atoms with Crippen LogP contribution in [0.3, 0.4) is 0 Å². The van der Waals surface area contributed by atoms with Crippen LogP contribution in [0.15, 0.2) is 24.3 Å². The second kappa shape index (κ2) is 8.94. The van der Waals surface area contributed by atoms with Crippen molar-refractivity contribution in [3.63, 3.8) is 0 Å². The first kappa shape index (κ1) is 16.9. The molecule has 0 aliphatic carbocycles. The third kappa shape index (κ3) is 7.91. The average molecular weight is 296 g/mol. The summed E-state index contributed by atoms with van der Waals surface area (Å²) < 4.78 is 17.6. The monoisotopic (exact) mass is 296 g/mol. The molecular formula is C15H21FN2O3. The van der Waals surface area contributed by atoms with Gasteiger partial charge >= 0.3 is 12.0 Å². The Kier molecular flexibility index (Phi) is 7.21. The lowest BCUT2D eigenvalue weighted by Crippen LogP contribution is -2.37. The summed E-state index contributed by atoms with van der Waals surface area (Å²) in [5, 5.41) is 5.24. The lowest BCUT2D eigenvalue weighted by molar-refractivity contribution is -0.147. The number of carbonyl (C=O) groups excluding carboxylic acids is 2. The molecule has 0 atom stereocenters. The minimum atomic E-state index is -0.338. The molecule has 0 radical (unpaired) electrons. The lowest BCUT2D eigenvalue weighted by atomic mass is 10.1. The molecule has 6 heteroatoms. The summed E-state index contributed by atoms with van der Waals surface area (Å²) >= 11 is 0. The van der Waals surface area contributed by atoms with Gasteiger partial charge in [0.25, 0.3) is 0 Å². The number of rotatable bonds is 7. The van der Waals surface area contributed by atoms with Crippen LogP contribution in [0, 0.1) is 5.82 Å². The van der Waals surface area contributed by atoms with Crippen LogP contribution in [0.4, 0.5) is 9.18 Å². The Morgan fingerprint density at radius 2 is 1.76 bits per heavy atom. The number of hydrogen-bond donors (Lipinski definition) is 2. The predicted octanol–water partition coefficient (Wildman–Crippen LogP) is 2.01. The molecular weight excluding hydrogens is 275 g/mol. The summed E-state index contributed by atoms with van der Waals surface area (Å²) in [6.45, 7) is 4.21. The third-order valence-electron chi connectivity index (χ3n) is 2.59. The zero-order chi connectivity index (χ0) is 15.7. The van der Waals surface area contributed by atoms with Gasteiger partial charge < -0.3 is 15.4 Å². The summed E-state index contributed by atoms with van der Waals surface area (Å²) in [6.07, 6.45) is 0.606. The van der Waals surface area contributed by atoms with Gasteiger partial charge in [0.1, 0.15) is 5.82 Å². The fourth-order valence-electron chi connectivity index (χ4n) is 1.63. The summed E-state index contributed by atoms with van der Waals surface area (Å²) in [6, 6.07) is 5.79. The van der Waals surface area contributed by atoms with Crippen LogP contribution in [-0.4, -0.2) is 31.2 Å². The summed E-state index contributed by atoms with van der Waals surface area (Å²) in [5.74, 6) is -0.616. The maximum atomic E-state index is 12.7. The van der Waals surface area contributed by atoms with Gasteiger partial charge in [0, 0.05) is 13.1 Å². The predicted molar refractivity (Wildman–Crippen MR) is 77.4 cm³/mol. The highest BCUT2D eigenvalue weighted by molar-refractivity contribution is 5.75. The maximum Gasteiger partial charge on any atom is 0.314 e. The molecule has 0 heterocycles. The van der Waals surface area contributed by atoms with Gasteiger partial charge in [-0.25, -0.2) is 9.18 Å². The number of ether oxygens (including phenoxy) is 1. The van der Waals surface area contributed by atoms with Gasteiger partial charge in [-0.1, -0.05) is 12.1 Å². The molecule has 1 aromatic rings. The quantitative estimate of drug-likeness (QED) is 0.756. The fourth-order valence-corrected chi connectivity index (χ4v) is 1.63. The standard InChI is InChI=1S/C15H21FN2O3/c1-11(2)21-14(19)8-10-18-15(20)17-9-7-12-3-5-13(16)6-4-12/h3-6,11H,7-10H2,1-2H3,(H2,17,18,20). The van der Waals surface area contributed by atoms with Crippen molar-refractivity contribution in [1.29, 1.82) is 0 Å². The Labute approximate surface area is 123 Å². The molecule has 0 fully saturated rings. The Morgan fingerprint density at radius 1 is 1.14 bits per heavy atom. The molecule has 5 nitrogen and oxygen atoms in total. The number of hydrogen-bond acceptors (Lipinski definition) is 3. The molecule has 0 saturated carbocycles. The first-order valence-corrected chi connectivity index (χ1v) is 6.93. The highest BCUT2D eigenvalue weighted by atomic mass is 19.1. The van der Waals surface area contributed by atoms with Crippen molar-refractivity contribution in [3.8, 4) is 0 Å². The molecule has 1 aromatic carbocycles. The molecule has 0 aliphatic heterocycles. The van der Waals surface area contributed by atoms with E-state index in [0.717, 1.165) is 5.56 Å². The van der Waals surface area contributed by atoms with Crippen molar-refractivity contribution in [1.82, 2.24) is 10.6 Å². The number of urea groups is 1. The number of benzene rings is 1. The van der Waals surface area contributed by atoms with Gasteiger partial charge in [0.15, 0.2) is 0 Å². The van der Waals surface area contributed by atoms with Crippen LogP contribution in [0.2, 0.25) is 0 Å². The smallest absolute Gasteiger partial charge is 0.314 e. The Morgan fingerprint density at radius 3 is 2.38 bits per heavy atom. The molecule has 0 bridgehead atoms. The minimum absolute atomic E-state index is 0.142. The van der Waals surface area contributed by atoms with Crippen LogP contribution in [0.1, 0.15) is 25.8 Å². The number of amides is 2. The van der Waals surface area contributed by atoms with Crippen molar-refractivity contribution in [3.05, 3.63) is 35.6 Å². The van der Waals surface area contributed by atoms with E-state index >= 15 is 0 Å². The zero-order valence-corrected chi connectivity index (χ0v) is 12.3. The van der Waals surface area contributed by atoms with Gasteiger partial charge in [-0.15, -0.1) is 0 Å². The van der Waals surface area contributed by atoms with E-state index in [2.05, 4.69) is 10.6 Å². The number of carbonyl (C=O) groups is 2. The van der Waals surface area contributed by atoms with Crippen LogP contribution in [0.25, 0.3) is 0 Å². The van der Waals surface area contributed by atoms with Crippen molar-refractivity contribution >= 4 is 12.0 Å². The van der Waals surface area contributed by atoms with Crippen molar-refractivity contribution in [2.24, 2.45) is 0 Å². The topological polar surface area (TPSA) is 67.4 Å². The molecule has 0 aliphatic rings. The highest BCUT2D eigenvalue weighted by Crippen LogP contribution is 2.02. The molecule has 1 rings (SSSR count). The van der Waals surface area contributed by atoms with Crippen LogP contribution in [-0.2, 0) is 16.0 Å². The van der Waals surface area contributed by atoms with E-state index in [1.165, 1.54) is 12.1 Å². The Bertz CT molecular complexity index is 460. The van der Waals surface area contributed by atoms with Gasteiger partial charge in [0.05, 0.1) is 12.5 Å². The average Bonchev–Trinajstić information content (AvgIpc) is 2.40. The SMILES string of the molecule is CC(C)OC(=O)CCNC(=O)NCCc1ccc(F)cc1.